The molecule has 8 heteroatoms. The maximum atomic E-state index is 12.5. The maximum absolute atomic E-state index is 12.5. The third-order valence-corrected chi connectivity index (χ3v) is 6.21. The molecule has 0 spiro atoms. The molecule has 3 heterocycles. The van der Waals surface area contributed by atoms with E-state index in [1.807, 2.05) is 42.8 Å². The minimum atomic E-state index is 0.0565. The summed E-state index contributed by atoms with van der Waals surface area (Å²) in [5.41, 5.74) is 4.24. The summed E-state index contributed by atoms with van der Waals surface area (Å²) in [5, 5.41) is 7.78. The molecule has 1 saturated heterocycles. The van der Waals surface area contributed by atoms with Crippen LogP contribution in [0.15, 0.2) is 42.7 Å². The van der Waals surface area contributed by atoms with Crippen LogP contribution in [0.3, 0.4) is 0 Å². The highest BCUT2D eigenvalue weighted by molar-refractivity contribution is 5.76. The van der Waals surface area contributed by atoms with E-state index in [4.69, 9.17) is 9.84 Å². The Morgan fingerprint density at radius 3 is 2.61 bits per heavy atom. The number of aromatic nitrogens is 4. The second-order valence-electron chi connectivity index (χ2n) is 8.51. The number of nitrogens with one attached hydrogen (secondary N) is 1. The van der Waals surface area contributed by atoms with Gasteiger partial charge in [-0.2, -0.15) is 5.10 Å². The number of ether oxygens (including phenoxy) is 1. The van der Waals surface area contributed by atoms with Gasteiger partial charge in [0.25, 0.3) is 0 Å². The molecule has 0 radical (unpaired) electrons. The molecule has 4 rings (SSSR count). The SMILES string of the molecule is Cc1nn(-c2cc(N3CCOCC3)ncn2)c(C)c1CCC(=O)NC[C@@H](C)c1ccccc1. The summed E-state index contributed by atoms with van der Waals surface area (Å²) >= 11 is 0. The van der Waals surface area contributed by atoms with Crippen molar-refractivity contribution < 1.29 is 9.53 Å². The average molecular weight is 449 g/mol. The lowest BCUT2D eigenvalue weighted by molar-refractivity contribution is -0.121. The van der Waals surface area contributed by atoms with Gasteiger partial charge in [-0.3, -0.25) is 4.79 Å². The summed E-state index contributed by atoms with van der Waals surface area (Å²) in [6.45, 7) is 9.81. The molecule has 8 nitrogen and oxygen atoms in total. The predicted octanol–water partition coefficient (Wildman–Crippen LogP) is 2.97. The van der Waals surface area contributed by atoms with E-state index in [2.05, 4.69) is 39.2 Å². The number of anilines is 1. The van der Waals surface area contributed by atoms with Gasteiger partial charge in [0.2, 0.25) is 5.91 Å². The first kappa shape index (κ1) is 22.9. The monoisotopic (exact) mass is 448 g/mol. The van der Waals surface area contributed by atoms with Crippen molar-refractivity contribution in [3.63, 3.8) is 0 Å². The standard InChI is InChI=1S/C25H32N6O2/c1-18(21-7-5-4-6-8-21)16-26-25(32)10-9-22-19(2)29-31(20(22)3)24-15-23(27-17-28-24)30-11-13-33-14-12-30/h4-8,15,17-18H,9-14,16H2,1-3H3,(H,26,32)/t18-/m1/s1. The Morgan fingerprint density at radius 1 is 1.12 bits per heavy atom. The molecule has 1 amide bonds. The molecular weight excluding hydrogens is 416 g/mol. The molecule has 174 valence electrons. The zero-order valence-corrected chi connectivity index (χ0v) is 19.6. The van der Waals surface area contributed by atoms with E-state index in [1.165, 1.54) is 5.56 Å². The van der Waals surface area contributed by atoms with Crippen LogP contribution in [0.4, 0.5) is 5.82 Å². The van der Waals surface area contributed by atoms with Crippen molar-refractivity contribution in [2.24, 2.45) is 0 Å². The van der Waals surface area contributed by atoms with Crippen LogP contribution in [0.5, 0.6) is 0 Å². The smallest absolute Gasteiger partial charge is 0.220 e. The Bertz CT molecular complexity index is 1080. The lowest BCUT2D eigenvalue weighted by Gasteiger charge is -2.27. The molecule has 0 saturated carbocycles. The van der Waals surface area contributed by atoms with Crippen LogP contribution in [-0.4, -0.2) is 58.5 Å². The summed E-state index contributed by atoms with van der Waals surface area (Å²) in [5.74, 6) is 1.95. The average Bonchev–Trinajstić information content (AvgIpc) is 3.15. The Kier molecular flexibility index (Phi) is 7.34. The number of carbonyl (C=O) groups is 1. The number of amides is 1. The number of hydrogen-bond donors (Lipinski definition) is 1. The number of carbonyl (C=O) groups excluding carboxylic acids is 1. The summed E-state index contributed by atoms with van der Waals surface area (Å²) < 4.78 is 7.29. The van der Waals surface area contributed by atoms with Gasteiger partial charge in [-0.25, -0.2) is 14.6 Å². The highest BCUT2D eigenvalue weighted by atomic mass is 16.5. The van der Waals surface area contributed by atoms with Gasteiger partial charge in [-0.15, -0.1) is 0 Å². The molecule has 2 aromatic heterocycles. The fourth-order valence-corrected chi connectivity index (χ4v) is 4.17. The van der Waals surface area contributed by atoms with Crippen molar-refractivity contribution >= 4 is 11.7 Å². The number of aryl methyl sites for hydroxylation is 1. The normalized spacial score (nSPS) is 14.8. The minimum Gasteiger partial charge on any atom is -0.378 e. The molecule has 33 heavy (non-hydrogen) atoms. The van der Waals surface area contributed by atoms with Gasteiger partial charge in [0.15, 0.2) is 5.82 Å². The fourth-order valence-electron chi connectivity index (χ4n) is 4.17. The first-order valence-electron chi connectivity index (χ1n) is 11.5. The third kappa shape index (κ3) is 5.57. The Labute approximate surface area is 195 Å². The van der Waals surface area contributed by atoms with E-state index < -0.39 is 0 Å². The first-order valence-corrected chi connectivity index (χ1v) is 11.5. The van der Waals surface area contributed by atoms with Gasteiger partial charge in [0.1, 0.15) is 12.1 Å². The Balaban J connectivity index is 1.38. The van der Waals surface area contributed by atoms with E-state index in [-0.39, 0.29) is 11.8 Å². The number of nitrogens with zero attached hydrogens (tertiary/aromatic N) is 5. The molecule has 0 unspecified atom stereocenters. The second-order valence-corrected chi connectivity index (χ2v) is 8.51. The van der Waals surface area contributed by atoms with Crippen LogP contribution in [0, 0.1) is 13.8 Å². The summed E-state index contributed by atoms with van der Waals surface area (Å²) in [6.07, 6.45) is 2.65. The van der Waals surface area contributed by atoms with Crippen LogP contribution in [0.1, 0.15) is 41.8 Å². The van der Waals surface area contributed by atoms with Gasteiger partial charge in [0.05, 0.1) is 18.9 Å². The zero-order chi connectivity index (χ0) is 23.2. The molecule has 3 aromatic rings. The van der Waals surface area contributed by atoms with Crippen molar-refractivity contribution in [1.29, 1.82) is 0 Å². The van der Waals surface area contributed by atoms with Crippen molar-refractivity contribution in [3.8, 4) is 5.82 Å². The molecule has 1 fully saturated rings. The van der Waals surface area contributed by atoms with Crippen LogP contribution >= 0.6 is 0 Å². The predicted molar refractivity (Wildman–Crippen MR) is 128 cm³/mol. The quantitative estimate of drug-likeness (QED) is 0.570. The van der Waals surface area contributed by atoms with Gasteiger partial charge in [0, 0.05) is 37.8 Å². The zero-order valence-electron chi connectivity index (χ0n) is 19.6. The van der Waals surface area contributed by atoms with E-state index in [9.17, 15) is 4.79 Å². The third-order valence-electron chi connectivity index (χ3n) is 6.21. The van der Waals surface area contributed by atoms with E-state index in [0.29, 0.717) is 32.6 Å². The topological polar surface area (TPSA) is 85.2 Å². The van der Waals surface area contributed by atoms with Gasteiger partial charge in [-0.05, 0) is 37.3 Å². The fraction of sp³-hybridized carbons (Fsp3) is 0.440. The molecule has 1 aromatic carbocycles. The number of benzene rings is 1. The van der Waals surface area contributed by atoms with Crippen LogP contribution in [0.25, 0.3) is 5.82 Å². The lowest BCUT2D eigenvalue weighted by Crippen LogP contribution is -2.36. The van der Waals surface area contributed by atoms with Crippen LogP contribution in [-0.2, 0) is 16.0 Å². The van der Waals surface area contributed by atoms with Gasteiger partial charge in [-0.1, -0.05) is 37.3 Å². The van der Waals surface area contributed by atoms with Crippen molar-refractivity contribution in [2.45, 2.75) is 39.5 Å². The van der Waals surface area contributed by atoms with Gasteiger partial charge >= 0.3 is 0 Å². The van der Waals surface area contributed by atoms with E-state index in [0.717, 1.165) is 41.7 Å². The molecule has 1 aliphatic heterocycles. The molecule has 0 aliphatic carbocycles. The Hall–Kier alpha value is -3.26. The second kappa shape index (κ2) is 10.6. The van der Waals surface area contributed by atoms with Crippen molar-refractivity contribution in [2.75, 3.05) is 37.7 Å². The summed E-state index contributed by atoms with van der Waals surface area (Å²) in [7, 11) is 0. The van der Waals surface area contributed by atoms with Crippen LogP contribution < -0.4 is 10.2 Å². The van der Waals surface area contributed by atoms with Crippen molar-refractivity contribution in [3.05, 3.63) is 65.2 Å². The first-order chi connectivity index (χ1) is 16.0. The molecule has 0 bridgehead atoms. The van der Waals surface area contributed by atoms with Gasteiger partial charge < -0.3 is 15.0 Å². The number of hydrogen-bond acceptors (Lipinski definition) is 6. The van der Waals surface area contributed by atoms with E-state index >= 15 is 0 Å². The maximum Gasteiger partial charge on any atom is 0.220 e. The number of rotatable bonds is 8. The highest BCUT2D eigenvalue weighted by Crippen LogP contribution is 2.21. The Morgan fingerprint density at radius 2 is 1.85 bits per heavy atom. The molecular formula is C25H32N6O2. The molecule has 1 aliphatic rings. The summed E-state index contributed by atoms with van der Waals surface area (Å²) in [6, 6.07) is 12.2. The summed E-state index contributed by atoms with van der Waals surface area (Å²) in [4.78, 5) is 23.6. The lowest BCUT2D eigenvalue weighted by atomic mass is 10.0. The molecule has 1 atom stereocenters. The van der Waals surface area contributed by atoms with Crippen LogP contribution in [0.2, 0.25) is 0 Å². The van der Waals surface area contributed by atoms with E-state index in [1.54, 1.807) is 6.33 Å². The number of morpholine rings is 1. The minimum absolute atomic E-state index is 0.0565. The largest absolute Gasteiger partial charge is 0.378 e. The molecule has 1 N–H and O–H groups in total. The van der Waals surface area contributed by atoms with Crippen molar-refractivity contribution in [1.82, 2.24) is 25.1 Å². The highest BCUT2D eigenvalue weighted by Gasteiger charge is 2.18.